The number of aromatic nitrogens is 1. The van der Waals surface area contributed by atoms with E-state index in [1.165, 1.54) is 39.6 Å². The van der Waals surface area contributed by atoms with Gasteiger partial charge >= 0.3 is 10.4 Å². The molecule has 1 aromatic heterocycles. The Kier molecular flexibility index (Phi) is 5.36. The molecule has 0 saturated heterocycles. The summed E-state index contributed by atoms with van der Waals surface area (Å²) in [5.74, 6) is 0.503. The fraction of sp³-hybridized carbons (Fsp3) is 0.0769. The van der Waals surface area contributed by atoms with Crippen molar-refractivity contribution >= 4 is 44.9 Å². The van der Waals surface area contributed by atoms with Crippen LogP contribution in [0.4, 0.5) is 9.57 Å². The molecule has 1 amide bonds. The predicted molar refractivity (Wildman–Crippen MR) is 90.5 cm³/mol. The zero-order valence-corrected chi connectivity index (χ0v) is 14.7. The van der Waals surface area contributed by atoms with Gasteiger partial charge in [0, 0.05) is 19.3 Å². The maximum atomic E-state index is 12.5. The zero-order valence-electron chi connectivity index (χ0n) is 11.7. The highest BCUT2D eigenvalue weighted by Crippen LogP contribution is 2.24. The first-order valence-electron chi connectivity index (χ1n) is 6.15. The molecule has 1 N–H and O–H groups in total. The molecule has 23 heavy (non-hydrogen) atoms. The number of hydrogen-bond acceptors (Lipinski definition) is 5. The second-order valence-electron chi connectivity index (χ2n) is 4.33. The Bertz CT molecular complexity index is 812. The van der Waals surface area contributed by atoms with Crippen LogP contribution in [-0.4, -0.2) is 29.5 Å². The number of anilines is 1. The molecule has 1 heterocycles. The lowest BCUT2D eigenvalue weighted by Gasteiger charge is -2.10. The third-order valence-corrected chi connectivity index (χ3v) is 3.48. The number of halogens is 2. The minimum absolute atomic E-state index is 0.0666. The van der Waals surface area contributed by atoms with E-state index in [1.54, 1.807) is 17.8 Å². The summed E-state index contributed by atoms with van der Waals surface area (Å²) in [5.41, 5.74) is 0.290. The summed E-state index contributed by atoms with van der Waals surface area (Å²) in [5, 5.41) is 0. The summed E-state index contributed by atoms with van der Waals surface area (Å²) < 4.78 is 42.1. The SMILES string of the molecule is CN(I)C(=O)c1cc(Oc2ccc(NS(=O)(=O)F)cc2)ccn1. The lowest BCUT2D eigenvalue weighted by atomic mass is 10.3. The summed E-state index contributed by atoms with van der Waals surface area (Å²) in [6.07, 6.45) is 1.44. The first-order chi connectivity index (χ1) is 10.7. The molecule has 0 atom stereocenters. The lowest BCUT2D eigenvalue weighted by molar-refractivity contribution is 0.0900. The molecule has 2 rings (SSSR count). The number of benzene rings is 1. The van der Waals surface area contributed by atoms with Gasteiger partial charge < -0.3 is 4.74 Å². The van der Waals surface area contributed by atoms with Crippen LogP contribution >= 0.6 is 22.9 Å². The topological polar surface area (TPSA) is 88.6 Å². The molecule has 0 aliphatic carbocycles. The fourth-order valence-corrected chi connectivity index (χ4v) is 2.28. The van der Waals surface area contributed by atoms with E-state index in [9.17, 15) is 17.1 Å². The van der Waals surface area contributed by atoms with Gasteiger partial charge in [-0.3, -0.25) is 17.6 Å². The number of pyridine rings is 1. The molecule has 2 aromatic rings. The third kappa shape index (κ3) is 5.32. The predicted octanol–water partition coefficient (Wildman–Crippen LogP) is 2.92. The van der Waals surface area contributed by atoms with E-state index in [-0.39, 0.29) is 17.3 Å². The number of nitrogens with one attached hydrogen (secondary N) is 1. The van der Waals surface area contributed by atoms with Gasteiger partial charge in [-0.15, -0.1) is 0 Å². The van der Waals surface area contributed by atoms with Crippen molar-refractivity contribution in [2.45, 2.75) is 0 Å². The Morgan fingerprint density at radius 3 is 2.48 bits per heavy atom. The smallest absolute Gasteiger partial charge is 0.396 e. The highest BCUT2D eigenvalue weighted by molar-refractivity contribution is 14.1. The molecule has 0 unspecified atom stereocenters. The molecule has 0 fully saturated rings. The van der Waals surface area contributed by atoms with Gasteiger partial charge in [-0.1, -0.05) is 3.89 Å². The first-order valence-corrected chi connectivity index (χ1v) is 8.49. The number of amides is 1. The van der Waals surface area contributed by atoms with Crippen molar-refractivity contribution < 1.29 is 21.8 Å². The van der Waals surface area contributed by atoms with E-state index < -0.39 is 10.4 Å². The van der Waals surface area contributed by atoms with Crippen molar-refractivity contribution in [2.24, 2.45) is 0 Å². The molecule has 0 aliphatic rings. The Labute approximate surface area is 146 Å². The van der Waals surface area contributed by atoms with Crippen LogP contribution in [0.15, 0.2) is 42.6 Å². The van der Waals surface area contributed by atoms with Crippen LogP contribution in [0.3, 0.4) is 0 Å². The second kappa shape index (κ2) is 7.08. The summed E-state index contributed by atoms with van der Waals surface area (Å²) in [7, 11) is -3.21. The van der Waals surface area contributed by atoms with Gasteiger partial charge in [0.15, 0.2) is 0 Å². The molecule has 0 saturated carbocycles. The minimum Gasteiger partial charge on any atom is -0.457 e. The Morgan fingerprint density at radius 1 is 1.26 bits per heavy atom. The van der Waals surface area contributed by atoms with Gasteiger partial charge in [-0.05, 0) is 30.3 Å². The summed E-state index contributed by atoms with van der Waals surface area (Å²) >= 11 is 1.84. The standard InChI is InChI=1S/C13H11FIN3O4S/c1-18(15)13(19)12-8-11(6-7-16-12)22-10-4-2-9(3-5-10)17-23(14,20)21/h2-8,17H,1H3. The van der Waals surface area contributed by atoms with Crippen molar-refractivity contribution in [2.75, 3.05) is 11.8 Å². The second-order valence-corrected chi connectivity index (χ2v) is 6.85. The largest absolute Gasteiger partial charge is 0.457 e. The number of carbonyl (C=O) groups is 1. The number of hydrogen-bond donors (Lipinski definition) is 1. The van der Waals surface area contributed by atoms with Gasteiger partial charge in [-0.2, -0.15) is 8.42 Å². The maximum absolute atomic E-state index is 12.5. The third-order valence-electron chi connectivity index (χ3n) is 2.56. The van der Waals surface area contributed by atoms with E-state index in [4.69, 9.17) is 4.74 Å². The molecular weight excluding hydrogens is 440 g/mol. The van der Waals surface area contributed by atoms with E-state index in [0.717, 1.165) is 0 Å². The highest BCUT2D eigenvalue weighted by atomic mass is 127. The summed E-state index contributed by atoms with van der Waals surface area (Å²) in [6, 6.07) is 8.66. The molecule has 7 nitrogen and oxygen atoms in total. The van der Waals surface area contributed by atoms with Crippen LogP contribution < -0.4 is 9.46 Å². The molecular formula is C13H11FIN3O4S. The van der Waals surface area contributed by atoms with Crippen molar-refractivity contribution in [3.8, 4) is 11.5 Å². The quantitative estimate of drug-likeness (QED) is 0.429. The number of ether oxygens (including phenoxy) is 1. The molecule has 0 radical (unpaired) electrons. The van der Waals surface area contributed by atoms with Gasteiger partial charge in [0.1, 0.15) is 17.2 Å². The van der Waals surface area contributed by atoms with Gasteiger partial charge in [0.25, 0.3) is 5.91 Å². The zero-order chi connectivity index (χ0) is 17.0. The fourth-order valence-electron chi connectivity index (χ4n) is 1.62. The van der Waals surface area contributed by atoms with Crippen LogP contribution in [0, 0.1) is 0 Å². The van der Waals surface area contributed by atoms with Crippen LogP contribution in [0.1, 0.15) is 10.5 Å². The van der Waals surface area contributed by atoms with E-state index >= 15 is 0 Å². The number of rotatable bonds is 5. The molecule has 0 bridgehead atoms. The van der Waals surface area contributed by atoms with E-state index in [0.29, 0.717) is 11.5 Å². The molecule has 10 heteroatoms. The Balaban J connectivity index is 2.13. The lowest BCUT2D eigenvalue weighted by Crippen LogP contribution is -2.16. The van der Waals surface area contributed by atoms with Crippen LogP contribution in [0.5, 0.6) is 11.5 Å². The summed E-state index contributed by atoms with van der Waals surface area (Å²) in [6.45, 7) is 0. The van der Waals surface area contributed by atoms with Crippen LogP contribution in [-0.2, 0) is 10.4 Å². The van der Waals surface area contributed by atoms with Crippen LogP contribution in [0.2, 0.25) is 0 Å². The van der Waals surface area contributed by atoms with Crippen molar-refractivity contribution in [1.29, 1.82) is 0 Å². The van der Waals surface area contributed by atoms with Crippen molar-refractivity contribution in [3.05, 3.63) is 48.3 Å². The van der Waals surface area contributed by atoms with Gasteiger partial charge in [0.2, 0.25) is 0 Å². The molecule has 122 valence electrons. The number of nitrogens with zero attached hydrogens (tertiary/aromatic N) is 2. The highest BCUT2D eigenvalue weighted by Gasteiger charge is 2.12. The maximum Gasteiger partial charge on any atom is 0.396 e. The van der Waals surface area contributed by atoms with E-state index in [1.807, 2.05) is 22.9 Å². The summed E-state index contributed by atoms with van der Waals surface area (Å²) in [4.78, 5) is 15.8. The molecule has 0 aliphatic heterocycles. The van der Waals surface area contributed by atoms with Crippen LogP contribution in [0.25, 0.3) is 0 Å². The van der Waals surface area contributed by atoms with Gasteiger partial charge in [0.05, 0.1) is 28.6 Å². The minimum atomic E-state index is -4.81. The number of carbonyl (C=O) groups excluding carboxylic acids is 1. The average Bonchev–Trinajstić information content (AvgIpc) is 2.47. The van der Waals surface area contributed by atoms with Crippen molar-refractivity contribution in [1.82, 2.24) is 8.10 Å². The average molecular weight is 451 g/mol. The molecule has 0 spiro atoms. The monoisotopic (exact) mass is 451 g/mol. The van der Waals surface area contributed by atoms with E-state index in [2.05, 4.69) is 4.98 Å². The molecule has 1 aromatic carbocycles. The first kappa shape index (κ1) is 17.4. The van der Waals surface area contributed by atoms with Gasteiger partial charge in [-0.25, -0.2) is 0 Å². The van der Waals surface area contributed by atoms with Crippen molar-refractivity contribution in [3.63, 3.8) is 0 Å². The normalized spacial score (nSPS) is 10.9. The Morgan fingerprint density at radius 2 is 1.91 bits per heavy atom. The Hall–Kier alpha value is -1.95.